The van der Waals surface area contributed by atoms with Crippen molar-refractivity contribution in [1.29, 1.82) is 0 Å². The first-order chi connectivity index (χ1) is 15.1. The van der Waals surface area contributed by atoms with Crippen LogP contribution in [0, 0.1) is 35.1 Å². The molecule has 0 amide bonds. The lowest BCUT2D eigenvalue weighted by Gasteiger charge is -2.27. The number of hydrogen-bond acceptors (Lipinski definition) is 1. The molecule has 2 aromatic carbocycles. The second-order valence-electron chi connectivity index (χ2n) is 8.44. The van der Waals surface area contributed by atoms with Crippen molar-refractivity contribution >= 4 is 0 Å². The highest BCUT2D eigenvalue weighted by molar-refractivity contribution is 5.66. The van der Waals surface area contributed by atoms with Crippen LogP contribution >= 0.6 is 0 Å². The Balaban J connectivity index is 1.69. The number of benzene rings is 2. The van der Waals surface area contributed by atoms with Gasteiger partial charge in [-0.25, -0.2) is 17.6 Å². The summed E-state index contributed by atoms with van der Waals surface area (Å²) in [4.78, 5) is 0. The molecule has 0 aromatic heterocycles. The van der Waals surface area contributed by atoms with Crippen LogP contribution in [0.15, 0.2) is 24.3 Å². The Labute approximate surface area is 182 Å². The number of aryl methyl sites for hydroxylation is 1. The zero-order valence-corrected chi connectivity index (χ0v) is 17.7. The molecule has 0 radical (unpaired) electrons. The molecule has 0 atom stereocenters. The predicted molar refractivity (Wildman–Crippen MR) is 107 cm³/mol. The third-order valence-electron chi connectivity index (χ3n) is 6.23. The average molecular weight is 462 g/mol. The lowest BCUT2D eigenvalue weighted by Crippen LogP contribution is -2.19. The van der Waals surface area contributed by atoms with Crippen LogP contribution in [-0.2, 0) is 6.42 Å². The van der Waals surface area contributed by atoms with Gasteiger partial charge >= 0.3 is 6.36 Å². The van der Waals surface area contributed by atoms with E-state index in [0.717, 1.165) is 30.9 Å². The molecule has 176 valence electrons. The summed E-state index contributed by atoms with van der Waals surface area (Å²) in [5.41, 5.74) is -0.837. The van der Waals surface area contributed by atoms with Crippen molar-refractivity contribution in [3.63, 3.8) is 0 Å². The Hall–Kier alpha value is -2.25. The largest absolute Gasteiger partial charge is 0.573 e. The van der Waals surface area contributed by atoms with Gasteiger partial charge in [-0.2, -0.15) is 0 Å². The van der Waals surface area contributed by atoms with Crippen LogP contribution in [0.25, 0.3) is 11.1 Å². The summed E-state index contributed by atoms with van der Waals surface area (Å²) in [5.74, 6) is -5.75. The third-order valence-corrected chi connectivity index (χ3v) is 6.23. The van der Waals surface area contributed by atoms with Crippen molar-refractivity contribution in [2.24, 2.45) is 11.8 Å². The highest BCUT2D eigenvalue weighted by Crippen LogP contribution is 2.36. The predicted octanol–water partition coefficient (Wildman–Crippen LogP) is 8.35. The fourth-order valence-electron chi connectivity index (χ4n) is 4.49. The van der Waals surface area contributed by atoms with E-state index in [0.29, 0.717) is 30.0 Å². The van der Waals surface area contributed by atoms with Crippen molar-refractivity contribution in [3.05, 3.63) is 53.1 Å². The van der Waals surface area contributed by atoms with Gasteiger partial charge < -0.3 is 4.74 Å². The highest BCUT2D eigenvalue weighted by atomic mass is 19.4. The fourth-order valence-corrected chi connectivity index (χ4v) is 4.49. The first kappa shape index (κ1) is 24.4. The van der Waals surface area contributed by atoms with Crippen LogP contribution in [0.3, 0.4) is 0 Å². The van der Waals surface area contributed by atoms with Crippen molar-refractivity contribution in [3.8, 4) is 16.9 Å². The Bertz CT molecular complexity index is 884. The summed E-state index contributed by atoms with van der Waals surface area (Å²) in [5, 5.41) is 0. The molecule has 0 spiro atoms. The summed E-state index contributed by atoms with van der Waals surface area (Å²) >= 11 is 0. The highest BCUT2D eigenvalue weighted by Gasteiger charge is 2.34. The summed E-state index contributed by atoms with van der Waals surface area (Å²) < 4.78 is 97.2. The third kappa shape index (κ3) is 6.17. The average Bonchev–Trinajstić information content (AvgIpc) is 2.70. The molecular formula is C24H25F7O. The zero-order valence-electron chi connectivity index (χ0n) is 17.7. The number of rotatable bonds is 7. The molecule has 1 aliphatic rings. The quantitative estimate of drug-likeness (QED) is 0.376. The van der Waals surface area contributed by atoms with Crippen LogP contribution in [0.1, 0.15) is 57.4 Å². The molecular weight excluding hydrogens is 437 g/mol. The minimum atomic E-state index is -5.31. The molecule has 32 heavy (non-hydrogen) atoms. The van der Waals surface area contributed by atoms with Crippen molar-refractivity contribution in [2.45, 2.75) is 64.7 Å². The Morgan fingerprint density at radius 2 is 1.34 bits per heavy atom. The van der Waals surface area contributed by atoms with Gasteiger partial charge in [-0.3, -0.25) is 0 Å². The van der Waals surface area contributed by atoms with Crippen LogP contribution in [-0.4, -0.2) is 6.36 Å². The first-order valence-electron chi connectivity index (χ1n) is 10.8. The monoisotopic (exact) mass is 462 g/mol. The van der Waals surface area contributed by atoms with Gasteiger partial charge in [0.2, 0.25) is 5.75 Å². The topological polar surface area (TPSA) is 9.23 Å². The van der Waals surface area contributed by atoms with Gasteiger partial charge in [0.25, 0.3) is 0 Å². The van der Waals surface area contributed by atoms with Gasteiger partial charge in [-0.1, -0.05) is 45.4 Å². The van der Waals surface area contributed by atoms with Crippen LogP contribution in [0.2, 0.25) is 0 Å². The second-order valence-corrected chi connectivity index (χ2v) is 8.44. The Kier molecular flexibility index (Phi) is 7.72. The minimum absolute atomic E-state index is 0.415. The van der Waals surface area contributed by atoms with E-state index in [1.54, 1.807) is 0 Å². The van der Waals surface area contributed by atoms with Crippen LogP contribution in [0.5, 0.6) is 5.75 Å². The molecule has 2 aromatic rings. The molecule has 8 heteroatoms. The number of ether oxygens (including phenoxy) is 1. The number of hydrogen-bond donors (Lipinski definition) is 0. The van der Waals surface area contributed by atoms with Crippen LogP contribution < -0.4 is 4.74 Å². The maximum Gasteiger partial charge on any atom is 0.573 e. The molecule has 1 fully saturated rings. The van der Waals surface area contributed by atoms with Gasteiger partial charge in [-0.15, -0.1) is 13.2 Å². The van der Waals surface area contributed by atoms with E-state index in [1.807, 2.05) is 0 Å². The standard InChI is InChI=1S/C24H25F7O/c1-2-14-6-8-15(9-7-14)4-3-5-16-10-18(25)22(19(26)11-16)17-12-20(27)23(21(28)13-17)32-24(29,30)31/h10-15H,2-9H2,1H3. The van der Waals surface area contributed by atoms with Gasteiger partial charge in [0.05, 0.1) is 5.56 Å². The smallest absolute Gasteiger partial charge is 0.399 e. The van der Waals surface area contributed by atoms with E-state index in [4.69, 9.17) is 0 Å². The molecule has 0 aliphatic heterocycles. The van der Waals surface area contributed by atoms with E-state index in [2.05, 4.69) is 11.7 Å². The van der Waals surface area contributed by atoms with E-state index in [1.165, 1.54) is 32.1 Å². The zero-order chi connectivity index (χ0) is 23.5. The van der Waals surface area contributed by atoms with E-state index >= 15 is 0 Å². The SMILES string of the molecule is CCC1CCC(CCCc2cc(F)c(-c3cc(F)c(OC(F)(F)F)c(F)c3)c(F)c2)CC1. The van der Waals surface area contributed by atoms with Gasteiger partial charge in [0, 0.05) is 0 Å². The van der Waals surface area contributed by atoms with Gasteiger partial charge in [0.15, 0.2) is 11.6 Å². The molecule has 1 aliphatic carbocycles. The Morgan fingerprint density at radius 3 is 1.84 bits per heavy atom. The molecule has 1 saturated carbocycles. The lowest BCUT2D eigenvalue weighted by molar-refractivity contribution is -0.276. The molecule has 0 bridgehead atoms. The summed E-state index contributed by atoms with van der Waals surface area (Å²) in [6.07, 6.45) is 2.88. The molecule has 3 rings (SSSR count). The normalized spacial score (nSPS) is 19.2. The van der Waals surface area contributed by atoms with Gasteiger partial charge in [-0.05, 0) is 60.1 Å². The fraction of sp³-hybridized carbons (Fsp3) is 0.500. The second kappa shape index (κ2) is 10.1. The van der Waals surface area contributed by atoms with E-state index in [9.17, 15) is 30.7 Å². The maximum absolute atomic E-state index is 14.6. The summed E-state index contributed by atoms with van der Waals surface area (Å²) in [6.45, 7) is 2.20. The van der Waals surface area contributed by atoms with Crippen LogP contribution in [0.4, 0.5) is 30.7 Å². The lowest BCUT2D eigenvalue weighted by atomic mass is 9.79. The van der Waals surface area contributed by atoms with Gasteiger partial charge in [0.1, 0.15) is 11.6 Å². The molecule has 0 heterocycles. The summed E-state index contributed by atoms with van der Waals surface area (Å²) in [6, 6.07) is 3.03. The Morgan fingerprint density at radius 1 is 0.812 bits per heavy atom. The van der Waals surface area contributed by atoms with Crippen molar-refractivity contribution < 1.29 is 35.5 Å². The summed E-state index contributed by atoms with van der Waals surface area (Å²) in [7, 11) is 0. The minimum Gasteiger partial charge on any atom is -0.399 e. The molecule has 0 unspecified atom stereocenters. The van der Waals surface area contributed by atoms with E-state index < -0.39 is 46.5 Å². The van der Waals surface area contributed by atoms with E-state index in [-0.39, 0.29) is 0 Å². The number of alkyl halides is 3. The maximum atomic E-state index is 14.6. The number of halogens is 7. The first-order valence-corrected chi connectivity index (χ1v) is 10.8. The molecule has 0 saturated heterocycles. The molecule has 0 N–H and O–H groups in total. The van der Waals surface area contributed by atoms with Crippen molar-refractivity contribution in [2.75, 3.05) is 0 Å². The molecule has 1 nitrogen and oxygen atoms in total. The van der Waals surface area contributed by atoms with Crippen molar-refractivity contribution in [1.82, 2.24) is 0 Å².